The van der Waals surface area contributed by atoms with Gasteiger partial charge in [0, 0.05) is 0 Å². The maximum atomic E-state index is 2.60. The van der Waals surface area contributed by atoms with E-state index in [0.29, 0.717) is 0 Å². The molecule has 17 heavy (non-hydrogen) atoms. The molecule has 0 heteroatoms. The fraction of sp³-hybridized carbons (Fsp3) is 0.882. The summed E-state index contributed by atoms with van der Waals surface area (Å²) in [5.41, 5.74) is 0. The molecule has 0 spiro atoms. The van der Waals surface area contributed by atoms with Gasteiger partial charge in [-0.3, -0.25) is 0 Å². The van der Waals surface area contributed by atoms with E-state index in [-0.39, 0.29) is 0 Å². The number of hydrogen-bond donors (Lipinski definition) is 0. The molecule has 0 saturated heterocycles. The summed E-state index contributed by atoms with van der Waals surface area (Å²) in [6.45, 7) is 0. The number of rotatable bonds is 0. The van der Waals surface area contributed by atoms with Gasteiger partial charge in [0.1, 0.15) is 0 Å². The molecule has 4 saturated carbocycles. The molecule has 6 unspecified atom stereocenters. The van der Waals surface area contributed by atoms with E-state index < -0.39 is 0 Å². The molecule has 5 aliphatic carbocycles. The summed E-state index contributed by atoms with van der Waals surface area (Å²) in [5.74, 6) is 8.95. The van der Waals surface area contributed by atoms with Crippen LogP contribution in [0.2, 0.25) is 0 Å². The lowest BCUT2D eigenvalue weighted by atomic mass is 9.63. The molecule has 0 aromatic rings. The summed E-state index contributed by atoms with van der Waals surface area (Å²) in [6, 6.07) is 0. The molecule has 92 valence electrons. The maximum Gasteiger partial charge on any atom is -0.0194 e. The average molecular weight is 228 g/mol. The number of allylic oxidation sites excluding steroid dienone is 2. The van der Waals surface area contributed by atoms with Crippen LogP contribution in [0.1, 0.15) is 44.9 Å². The van der Waals surface area contributed by atoms with Crippen LogP contribution in [-0.4, -0.2) is 0 Å². The van der Waals surface area contributed by atoms with E-state index in [1.165, 1.54) is 5.92 Å². The van der Waals surface area contributed by atoms with Crippen LogP contribution in [-0.2, 0) is 0 Å². The predicted octanol–water partition coefficient (Wildman–Crippen LogP) is 4.27. The summed E-state index contributed by atoms with van der Waals surface area (Å²) >= 11 is 0. The lowest BCUT2D eigenvalue weighted by Gasteiger charge is -2.42. The monoisotopic (exact) mass is 228 g/mol. The molecule has 0 aliphatic heterocycles. The van der Waals surface area contributed by atoms with Gasteiger partial charge in [-0.25, -0.2) is 0 Å². The van der Waals surface area contributed by atoms with Crippen molar-refractivity contribution in [2.75, 3.05) is 0 Å². The quantitative estimate of drug-likeness (QED) is 0.543. The van der Waals surface area contributed by atoms with E-state index in [2.05, 4.69) is 12.2 Å². The van der Waals surface area contributed by atoms with Gasteiger partial charge in [-0.05, 0) is 66.6 Å². The van der Waals surface area contributed by atoms with Gasteiger partial charge in [-0.15, -0.1) is 0 Å². The molecule has 5 aliphatic rings. The van der Waals surface area contributed by atoms with Gasteiger partial charge in [-0.1, -0.05) is 37.8 Å². The Bertz CT molecular complexity index is 336. The first kappa shape index (κ1) is 9.64. The molecule has 0 N–H and O–H groups in total. The highest BCUT2D eigenvalue weighted by Crippen LogP contribution is 2.68. The van der Waals surface area contributed by atoms with Crippen molar-refractivity contribution in [3.8, 4) is 0 Å². The zero-order chi connectivity index (χ0) is 11.0. The lowest BCUT2D eigenvalue weighted by molar-refractivity contribution is 0.0717. The molecule has 0 nitrogen and oxygen atoms in total. The first-order valence-electron chi connectivity index (χ1n) is 8.12. The minimum atomic E-state index is 1.01. The number of fused-ring (bicyclic) bond motifs is 7. The second-order valence-corrected chi connectivity index (χ2v) is 7.63. The Morgan fingerprint density at radius 3 is 1.82 bits per heavy atom. The van der Waals surface area contributed by atoms with Crippen LogP contribution in [0, 0.1) is 47.3 Å². The van der Waals surface area contributed by atoms with E-state index in [0.717, 1.165) is 41.4 Å². The summed E-state index contributed by atoms with van der Waals surface area (Å²) in [6.07, 6.45) is 16.2. The second-order valence-electron chi connectivity index (χ2n) is 7.63. The Balaban J connectivity index is 1.59. The molecule has 4 fully saturated rings. The second kappa shape index (κ2) is 3.19. The highest BCUT2D eigenvalue weighted by Gasteiger charge is 2.61. The normalized spacial score (nSPS) is 62.6. The topological polar surface area (TPSA) is 0 Å². The fourth-order valence-electron chi connectivity index (χ4n) is 7.16. The Morgan fingerprint density at radius 1 is 0.647 bits per heavy atom. The van der Waals surface area contributed by atoms with Gasteiger partial charge in [0.05, 0.1) is 0 Å². The van der Waals surface area contributed by atoms with Crippen LogP contribution in [0.25, 0.3) is 0 Å². The van der Waals surface area contributed by atoms with E-state index in [1.807, 2.05) is 0 Å². The van der Waals surface area contributed by atoms with E-state index in [9.17, 15) is 0 Å². The number of hydrogen-bond acceptors (Lipinski definition) is 0. The Morgan fingerprint density at radius 2 is 1.24 bits per heavy atom. The third-order valence-corrected chi connectivity index (χ3v) is 7.33. The van der Waals surface area contributed by atoms with Crippen molar-refractivity contribution in [1.29, 1.82) is 0 Å². The van der Waals surface area contributed by atoms with Crippen LogP contribution < -0.4 is 0 Å². The molecule has 0 aromatic heterocycles. The Labute approximate surface area is 105 Å². The van der Waals surface area contributed by atoms with E-state index in [1.54, 1.807) is 44.9 Å². The van der Waals surface area contributed by atoms with Crippen LogP contribution in [0.5, 0.6) is 0 Å². The largest absolute Gasteiger partial charge is 0.0848 e. The third kappa shape index (κ3) is 1.07. The molecular formula is C17H24. The first-order valence-corrected chi connectivity index (χ1v) is 8.12. The van der Waals surface area contributed by atoms with Crippen LogP contribution in [0.4, 0.5) is 0 Å². The van der Waals surface area contributed by atoms with Crippen molar-refractivity contribution in [2.45, 2.75) is 44.9 Å². The van der Waals surface area contributed by atoms with Crippen LogP contribution in [0.3, 0.4) is 0 Å². The van der Waals surface area contributed by atoms with Gasteiger partial charge in [-0.2, -0.15) is 0 Å². The molecule has 0 amide bonds. The van der Waals surface area contributed by atoms with Gasteiger partial charge in [0.2, 0.25) is 0 Å². The minimum Gasteiger partial charge on any atom is -0.0848 e. The molecule has 2 bridgehead atoms. The van der Waals surface area contributed by atoms with Crippen LogP contribution >= 0.6 is 0 Å². The highest BCUT2D eigenvalue weighted by molar-refractivity contribution is 5.20. The van der Waals surface area contributed by atoms with Crippen molar-refractivity contribution in [1.82, 2.24) is 0 Å². The average Bonchev–Trinajstić information content (AvgIpc) is 3.03. The van der Waals surface area contributed by atoms with Gasteiger partial charge < -0.3 is 0 Å². The zero-order valence-electron chi connectivity index (χ0n) is 10.7. The summed E-state index contributed by atoms with van der Waals surface area (Å²) in [4.78, 5) is 0. The third-order valence-electron chi connectivity index (χ3n) is 7.33. The fourth-order valence-corrected chi connectivity index (χ4v) is 7.16. The van der Waals surface area contributed by atoms with Gasteiger partial charge in [0.15, 0.2) is 0 Å². The van der Waals surface area contributed by atoms with Gasteiger partial charge in [0.25, 0.3) is 0 Å². The lowest BCUT2D eigenvalue weighted by Crippen LogP contribution is -2.34. The standard InChI is InChI=1S/C17H24/c1-3-10-4-2-6-14-15(10)13(5-1)16-11-7-8-12(9-11)17(14)16/h7-8,10-17H,1-6,9H2. The molecule has 5 rings (SSSR count). The van der Waals surface area contributed by atoms with Gasteiger partial charge >= 0.3 is 0 Å². The molecule has 6 atom stereocenters. The summed E-state index contributed by atoms with van der Waals surface area (Å²) < 4.78 is 0. The van der Waals surface area contributed by atoms with E-state index in [4.69, 9.17) is 0 Å². The van der Waals surface area contributed by atoms with Crippen molar-refractivity contribution < 1.29 is 0 Å². The predicted molar refractivity (Wildman–Crippen MR) is 69.4 cm³/mol. The molecular weight excluding hydrogens is 204 g/mol. The SMILES string of the molecule is C1=CC2CC1C1C3CCCC4CCCC(C43)C21. The summed E-state index contributed by atoms with van der Waals surface area (Å²) in [7, 11) is 0. The molecule has 0 aromatic carbocycles. The van der Waals surface area contributed by atoms with Crippen molar-refractivity contribution in [3.05, 3.63) is 12.2 Å². The van der Waals surface area contributed by atoms with Crippen LogP contribution in [0.15, 0.2) is 12.2 Å². The van der Waals surface area contributed by atoms with Crippen molar-refractivity contribution in [2.24, 2.45) is 47.3 Å². The molecule has 0 radical (unpaired) electrons. The molecule has 0 heterocycles. The Kier molecular flexibility index (Phi) is 1.81. The minimum absolute atomic E-state index is 1.01. The van der Waals surface area contributed by atoms with E-state index >= 15 is 0 Å². The Hall–Kier alpha value is -0.260. The first-order chi connectivity index (χ1) is 8.43. The summed E-state index contributed by atoms with van der Waals surface area (Å²) in [5, 5.41) is 0. The van der Waals surface area contributed by atoms with Crippen molar-refractivity contribution in [3.63, 3.8) is 0 Å². The maximum absolute atomic E-state index is 2.60. The highest BCUT2D eigenvalue weighted by atomic mass is 14.7. The zero-order valence-corrected chi connectivity index (χ0v) is 10.7. The van der Waals surface area contributed by atoms with Crippen molar-refractivity contribution >= 4 is 0 Å². The smallest absolute Gasteiger partial charge is 0.0194 e.